The van der Waals surface area contributed by atoms with Crippen molar-refractivity contribution in [2.75, 3.05) is 0 Å². The first-order chi connectivity index (χ1) is 6.02. The molecule has 0 fully saturated rings. The number of carboxylic acids is 2. The van der Waals surface area contributed by atoms with Crippen molar-refractivity contribution < 1.29 is 19.8 Å². The minimum absolute atomic E-state index is 0.0139. The Balaban J connectivity index is 2.90. The lowest BCUT2D eigenvalue weighted by atomic mass is 9.97. The summed E-state index contributed by atoms with van der Waals surface area (Å²) in [6.07, 6.45) is 1.28. The number of aliphatic imine (C=N–C) groups is 1. The van der Waals surface area contributed by atoms with E-state index in [1.165, 1.54) is 6.21 Å². The fraction of sp³-hybridized carbons (Fsp3) is 0.375. The molecule has 0 saturated carbocycles. The molecule has 0 radical (unpaired) electrons. The van der Waals surface area contributed by atoms with Crippen molar-refractivity contribution in [1.29, 1.82) is 0 Å². The number of allylic oxidation sites excluding steroid dienone is 1. The van der Waals surface area contributed by atoms with Crippen LogP contribution in [0.4, 0.5) is 0 Å². The number of hydrogen-bond donors (Lipinski definition) is 2. The lowest BCUT2D eigenvalue weighted by molar-refractivity contribution is -0.139. The van der Waals surface area contributed by atoms with E-state index in [0.717, 1.165) is 0 Å². The third kappa shape index (κ3) is 1.93. The van der Waals surface area contributed by atoms with Gasteiger partial charge in [0, 0.05) is 11.9 Å². The molecule has 0 aromatic rings. The summed E-state index contributed by atoms with van der Waals surface area (Å²) in [5.41, 5.74) is 0.458. The summed E-state index contributed by atoms with van der Waals surface area (Å²) < 4.78 is 0. The van der Waals surface area contributed by atoms with Gasteiger partial charge in [-0.3, -0.25) is 9.79 Å². The lowest BCUT2D eigenvalue weighted by Crippen LogP contribution is -2.21. The summed E-state index contributed by atoms with van der Waals surface area (Å²) in [5, 5.41) is 17.3. The number of hydrogen-bond acceptors (Lipinski definition) is 3. The van der Waals surface area contributed by atoms with Gasteiger partial charge in [0.05, 0.1) is 11.5 Å². The maximum absolute atomic E-state index is 10.6. The van der Waals surface area contributed by atoms with E-state index in [4.69, 9.17) is 10.2 Å². The predicted molar refractivity (Wildman–Crippen MR) is 44.6 cm³/mol. The zero-order valence-electron chi connectivity index (χ0n) is 7.02. The molecule has 1 unspecified atom stereocenters. The highest BCUT2D eigenvalue weighted by atomic mass is 16.4. The van der Waals surface area contributed by atoms with E-state index in [-0.39, 0.29) is 12.0 Å². The molecule has 1 aliphatic rings. The summed E-state index contributed by atoms with van der Waals surface area (Å²) in [4.78, 5) is 24.9. The van der Waals surface area contributed by atoms with E-state index in [2.05, 4.69) is 4.99 Å². The first-order valence-corrected chi connectivity index (χ1v) is 3.72. The summed E-state index contributed by atoms with van der Waals surface area (Å²) in [7, 11) is 0. The van der Waals surface area contributed by atoms with Crippen molar-refractivity contribution in [3.8, 4) is 0 Å². The zero-order valence-corrected chi connectivity index (χ0v) is 7.02. The molecule has 2 N–H and O–H groups in total. The third-order valence-corrected chi connectivity index (χ3v) is 1.88. The highest BCUT2D eigenvalue weighted by Gasteiger charge is 2.25. The first kappa shape index (κ1) is 9.44. The Morgan fingerprint density at radius 3 is 2.62 bits per heavy atom. The molecule has 0 aromatic heterocycles. The van der Waals surface area contributed by atoms with Gasteiger partial charge in [-0.1, -0.05) is 0 Å². The number of aliphatic carboxylic acids is 2. The largest absolute Gasteiger partial charge is 0.481 e. The molecule has 1 atom stereocenters. The summed E-state index contributed by atoms with van der Waals surface area (Å²) in [6, 6.07) is 0. The SMILES string of the molecule is CC1=C(C(=O)O)CC(C(=O)O)C=N1. The van der Waals surface area contributed by atoms with Crippen molar-refractivity contribution >= 4 is 18.2 Å². The highest BCUT2D eigenvalue weighted by Crippen LogP contribution is 2.20. The van der Waals surface area contributed by atoms with Gasteiger partial charge in [0.25, 0.3) is 0 Å². The minimum atomic E-state index is -1.10. The Kier molecular flexibility index (Phi) is 2.46. The molecular formula is C8H9NO4. The Hall–Kier alpha value is -1.65. The molecule has 70 valence electrons. The second kappa shape index (κ2) is 3.38. The first-order valence-electron chi connectivity index (χ1n) is 3.72. The Morgan fingerprint density at radius 2 is 2.15 bits per heavy atom. The summed E-state index contributed by atoms with van der Waals surface area (Å²) >= 11 is 0. The molecular weight excluding hydrogens is 174 g/mol. The molecule has 1 rings (SSSR count). The van der Waals surface area contributed by atoms with Crippen LogP contribution in [0.15, 0.2) is 16.3 Å². The van der Waals surface area contributed by atoms with Gasteiger partial charge in [-0.15, -0.1) is 0 Å². The normalized spacial score (nSPS) is 21.8. The Bertz CT molecular complexity index is 316. The van der Waals surface area contributed by atoms with Crippen molar-refractivity contribution in [2.45, 2.75) is 13.3 Å². The van der Waals surface area contributed by atoms with Crippen LogP contribution in [0.25, 0.3) is 0 Å². The molecule has 0 spiro atoms. The van der Waals surface area contributed by atoms with Gasteiger partial charge in [0.2, 0.25) is 0 Å². The average molecular weight is 183 g/mol. The smallest absolute Gasteiger partial charge is 0.333 e. The minimum Gasteiger partial charge on any atom is -0.481 e. The van der Waals surface area contributed by atoms with E-state index in [1.807, 2.05) is 0 Å². The third-order valence-electron chi connectivity index (χ3n) is 1.88. The topological polar surface area (TPSA) is 87.0 Å². The molecule has 0 aliphatic carbocycles. The zero-order chi connectivity index (χ0) is 10.0. The fourth-order valence-corrected chi connectivity index (χ4v) is 1.09. The number of rotatable bonds is 2. The lowest BCUT2D eigenvalue weighted by Gasteiger charge is -2.13. The van der Waals surface area contributed by atoms with Crippen LogP contribution < -0.4 is 0 Å². The molecule has 13 heavy (non-hydrogen) atoms. The molecule has 1 heterocycles. The second-order valence-corrected chi connectivity index (χ2v) is 2.80. The van der Waals surface area contributed by atoms with E-state index >= 15 is 0 Å². The van der Waals surface area contributed by atoms with E-state index in [0.29, 0.717) is 5.70 Å². The summed E-state index contributed by atoms with van der Waals surface area (Å²) in [6.45, 7) is 1.55. The van der Waals surface area contributed by atoms with Gasteiger partial charge in [-0.25, -0.2) is 4.79 Å². The van der Waals surface area contributed by atoms with E-state index < -0.39 is 17.9 Å². The highest BCUT2D eigenvalue weighted by molar-refractivity contribution is 5.95. The van der Waals surface area contributed by atoms with Crippen molar-refractivity contribution in [1.82, 2.24) is 0 Å². The van der Waals surface area contributed by atoms with E-state index in [1.54, 1.807) is 6.92 Å². The van der Waals surface area contributed by atoms with Crippen LogP contribution in [0, 0.1) is 5.92 Å². The molecule has 5 heteroatoms. The second-order valence-electron chi connectivity index (χ2n) is 2.80. The van der Waals surface area contributed by atoms with Gasteiger partial charge in [0.15, 0.2) is 0 Å². The van der Waals surface area contributed by atoms with Crippen LogP contribution in [0.3, 0.4) is 0 Å². The number of carboxylic acid groups (broad SMARTS) is 2. The van der Waals surface area contributed by atoms with Crippen LogP contribution in [-0.4, -0.2) is 28.4 Å². The molecule has 0 amide bonds. The quantitative estimate of drug-likeness (QED) is 0.653. The van der Waals surface area contributed by atoms with Gasteiger partial charge in [-0.2, -0.15) is 0 Å². The summed E-state index contributed by atoms with van der Waals surface area (Å²) in [5.74, 6) is -2.95. The van der Waals surface area contributed by atoms with Crippen LogP contribution >= 0.6 is 0 Å². The van der Waals surface area contributed by atoms with Gasteiger partial charge < -0.3 is 10.2 Å². The van der Waals surface area contributed by atoms with Gasteiger partial charge in [-0.05, 0) is 13.3 Å². The van der Waals surface area contributed by atoms with Crippen LogP contribution in [0.2, 0.25) is 0 Å². The standard InChI is InChI=1S/C8H9NO4/c1-4-6(8(12)13)2-5(3-9-4)7(10)11/h3,5H,2H2,1H3,(H,10,11)(H,12,13). The predicted octanol–water partition coefficient (Wildman–Crippen LogP) is 0.520. The molecule has 1 aliphatic heterocycles. The fourth-order valence-electron chi connectivity index (χ4n) is 1.09. The molecule has 5 nitrogen and oxygen atoms in total. The van der Waals surface area contributed by atoms with Crippen molar-refractivity contribution in [3.05, 3.63) is 11.3 Å². The number of nitrogens with zero attached hydrogens (tertiary/aromatic N) is 1. The van der Waals surface area contributed by atoms with Crippen LogP contribution in [-0.2, 0) is 9.59 Å². The van der Waals surface area contributed by atoms with E-state index in [9.17, 15) is 9.59 Å². The number of carbonyl (C=O) groups is 2. The van der Waals surface area contributed by atoms with Crippen LogP contribution in [0.1, 0.15) is 13.3 Å². The maximum Gasteiger partial charge on any atom is 0.333 e. The Morgan fingerprint density at radius 1 is 1.54 bits per heavy atom. The maximum atomic E-state index is 10.6. The molecule has 0 saturated heterocycles. The molecule has 0 aromatic carbocycles. The average Bonchev–Trinajstić information content (AvgIpc) is 2.04. The molecule has 0 bridgehead atoms. The van der Waals surface area contributed by atoms with Gasteiger partial charge in [0.1, 0.15) is 0 Å². The van der Waals surface area contributed by atoms with Gasteiger partial charge >= 0.3 is 11.9 Å². The van der Waals surface area contributed by atoms with Crippen molar-refractivity contribution in [2.24, 2.45) is 10.9 Å². The Labute approximate surface area is 74.4 Å². The monoisotopic (exact) mass is 183 g/mol. The van der Waals surface area contributed by atoms with Crippen LogP contribution in [0.5, 0.6) is 0 Å². The van der Waals surface area contributed by atoms with Crippen molar-refractivity contribution in [3.63, 3.8) is 0 Å².